The molecule has 27 heavy (non-hydrogen) atoms. The van der Waals surface area contributed by atoms with Crippen molar-refractivity contribution < 1.29 is 17.9 Å². The number of amides is 1. The van der Waals surface area contributed by atoms with Crippen LogP contribution in [0.15, 0.2) is 53.0 Å². The molecule has 1 aliphatic rings. The standard InChI is InChI=1S/C20H22BrNO4S/c1-2-26-19-9-4-3-8-18(19)20(23)22(17-10-11-27(24,25)14-17)13-15-6-5-7-16(21)12-15/h3-9,12,17H,2,10-11,13-14H2,1H3/t17-/m1/s1. The Kier molecular flexibility index (Phi) is 6.22. The van der Waals surface area contributed by atoms with E-state index in [1.165, 1.54) is 0 Å². The van der Waals surface area contributed by atoms with Gasteiger partial charge in [-0.3, -0.25) is 4.79 Å². The number of carbonyl (C=O) groups excluding carboxylic acids is 1. The molecule has 0 aromatic heterocycles. The quantitative estimate of drug-likeness (QED) is 0.671. The van der Waals surface area contributed by atoms with E-state index in [0.717, 1.165) is 10.0 Å². The molecule has 7 heteroatoms. The molecule has 2 aromatic rings. The first-order valence-corrected chi connectivity index (χ1v) is 11.5. The fraction of sp³-hybridized carbons (Fsp3) is 0.350. The van der Waals surface area contributed by atoms with Gasteiger partial charge in [0.2, 0.25) is 0 Å². The van der Waals surface area contributed by atoms with Gasteiger partial charge in [-0.25, -0.2) is 8.42 Å². The van der Waals surface area contributed by atoms with Gasteiger partial charge in [0, 0.05) is 17.1 Å². The van der Waals surface area contributed by atoms with E-state index in [4.69, 9.17) is 4.74 Å². The largest absolute Gasteiger partial charge is 0.493 e. The van der Waals surface area contributed by atoms with Crippen molar-refractivity contribution in [3.8, 4) is 5.75 Å². The van der Waals surface area contributed by atoms with Crippen LogP contribution >= 0.6 is 15.9 Å². The number of sulfone groups is 1. The third-order valence-corrected chi connectivity index (χ3v) is 6.81. The zero-order valence-corrected chi connectivity index (χ0v) is 17.5. The van der Waals surface area contributed by atoms with Crippen LogP contribution in [-0.2, 0) is 16.4 Å². The molecular formula is C20H22BrNO4S. The van der Waals surface area contributed by atoms with E-state index in [0.29, 0.717) is 30.9 Å². The van der Waals surface area contributed by atoms with Crippen LogP contribution in [0.3, 0.4) is 0 Å². The van der Waals surface area contributed by atoms with Gasteiger partial charge in [-0.15, -0.1) is 0 Å². The number of halogens is 1. The van der Waals surface area contributed by atoms with Crippen molar-refractivity contribution in [2.24, 2.45) is 0 Å². The van der Waals surface area contributed by atoms with E-state index >= 15 is 0 Å². The summed E-state index contributed by atoms with van der Waals surface area (Å²) in [5, 5.41) is 0. The van der Waals surface area contributed by atoms with E-state index in [1.54, 1.807) is 23.1 Å². The van der Waals surface area contributed by atoms with Crippen molar-refractivity contribution in [1.82, 2.24) is 4.90 Å². The highest BCUT2D eigenvalue weighted by Crippen LogP contribution is 2.26. The fourth-order valence-electron chi connectivity index (χ4n) is 3.30. The van der Waals surface area contributed by atoms with Crippen LogP contribution in [0.1, 0.15) is 29.3 Å². The molecule has 0 unspecified atom stereocenters. The second-order valence-corrected chi connectivity index (χ2v) is 9.69. The zero-order chi connectivity index (χ0) is 19.4. The summed E-state index contributed by atoms with van der Waals surface area (Å²) in [6, 6.07) is 14.5. The summed E-state index contributed by atoms with van der Waals surface area (Å²) in [4.78, 5) is 15.0. The normalized spacial score (nSPS) is 18.2. The molecule has 0 N–H and O–H groups in total. The molecule has 2 aromatic carbocycles. The van der Waals surface area contributed by atoms with Crippen molar-refractivity contribution in [2.45, 2.75) is 25.9 Å². The zero-order valence-electron chi connectivity index (χ0n) is 15.1. The summed E-state index contributed by atoms with van der Waals surface area (Å²) in [5.41, 5.74) is 1.40. The lowest BCUT2D eigenvalue weighted by atomic mass is 10.1. The Bertz CT molecular complexity index is 929. The summed E-state index contributed by atoms with van der Waals surface area (Å²) in [6.45, 7) is 2.66. The highest BCUT2D eigenvalue weighted by Gasteiger charge is 2.35. The predicted octanol–water partition coefficient (Wildman–Crippen LogP) is 3.68. The van der Waals surface area contributed by atoms with Gasteiger partial charge >= 0.3 is 0 Å². The first kappa shape index (κ1) is 19.9. The average molecular weight is 452 g/mol. The first-order valence-electron chi connectivity index (χ1n) is 8.87. The number of benzene rings is 2. The number of ether oxygens (including phenoxy) is 1. The third-order valence-electron chi connectivity index (χ3n) is 4.57. The molecule has 1 saturated heterocycles. The molecule has 1 fully saturated rings. The van der Waals surface area contributed by atoms with Gasteiger partial charge in [0.05, 0.1) is 23.7 Å². The van der Waals surface area contributed by atoms with Gasteiger partial charge in [-0.2, -0.15) is 0 Å². The Labute approximate surface area is 168 Å². The van der Waals surface area contributed by atoms with E-state index in [9.17, 15) is 13.2 Å². The second kappa shape index (κ2) is 8.44. The average Bonchev–Trinajstić information content (AvgIpc) is 2.99. The predicted molar refractivity (Wildman–Crippen MR) is 109 cm³/mol. The topological polar surface area (TPSA) is 63.7 Å². The molecule has 1 aliphatic heterocycles. The van der Waals surface area contributed by atoms with Gasteiger partial charge in [-0.1, -0.05) is 40.2 Å². The van der Waals surface area contributed by atoms with Crippen LogP contribution in [0.25, 0.3) is 0 Å². The smallest absolute Gasteiger partial charge is 0.258 e. The number of rotatable bonds is 6. The number of nitrogens with zero attached hydrogens (tertiary/aromatic N) is 1. The van der Waals surface area contributed by atoms with E-state index < -0.39 is 9.84 Å². The molecule has 0 aliphatic carbocycles. The maximum atomic E-state index is 13.4. The van der Waals surface area contributed by atoms with Crippen LogP contribution in [-0.4, -0.2) is 43.4 Å². The van der Waals surface area contributed by atoms with Gasteiger partial charge in [0.15, 0.2) is 9.84 Å². The summed E-state index contributed by atoms with van der Waals surface area (Å²) in [5.74, 6) is 0.433. The molecular weight excluding hydrogens is 430 g/mol. The maximum Gasteiger partial charge on any atom is 0.258 e. The Morgan fingerprint density at radius 3 is 2.67 bits per heavy atom. The van der Waals surface area contributed by atoms with Crippen LogP contribution in [0.2, 0.25) is 0 Å². The molecule has 0 saturated carbocycles. The Morgan fingerprint density at radius 1 is 1.22 bits per heavy atom. The molecule has 5 nitrogen and oxygen atoms in total. The highest BCUT2D eigenvalue weighted by atomic mass is 79.9. The molecule has 0 spiro atoms. The highest BCUT2D eigenvalue weighted by molar-refractivity contribution is 9.10. The minimum Gasteiger partial charge on any atom is -0.493 e. The van der Waals surface area contributed by atoms with Gasteiger partial charge in [-0.05, 0) is 43.2 Å². The fourth-order valence-corrected chi connectivity index (χ4v) is 5.48. The summed E-state index contributed by atoms with van der Waals surface area (Å²) < 4.78 is 30.5. The number of hydrogen-bond donors (Lipinski definition) is 0. The van der Waals surface area contributed by atoms with Crippen LogP contribution in [0.4, 0.5) is 0 Å². The number of para-hydroxylation sites is 1. The van der Waals surface area contributed by atoms with E-state index in [-0.39, 0.29) is 23.5 Å². The minimum absolute atomic E-state index is 0.00352. The molecule has 3 rings (SSSR count). The number of carbonyl (C=O) groups is 1. The van der Waals surface area contributed by atoms with Crippen molar-refractivity contribution in [2.75, 3.05) is 18.1 Å². The summed E-state index contributed by atoms with van der Waals surface area (Å²) in [7, 11) is -3.11. The first-order chi connectivity index (χ1) is 12.9. The van der Waals surface area contributed by atoms with Crippen LogP contribution < -0.4 is 4.74 Å². The van der Waals surface area contributed by atoms with Crippen LogP contribution in [0.5, 0.6) is 5.75 Å². The second-order valence-electron chi connectivity index (χ2n) is 6.55. The van der Waals surface area contributed by atoms with Crippen LogP contribution in [0, 0.1) is 0 Å². The molecule has 1 amide bonds. The Hall–Kier alpha value is -1.86. The molecule has 144 valence electrons. The monoisotopic (exact) mass is 451 g/mol. The minimum atomic E-state index is -3.11. The maximum absolute atomic E-state index is 13.4. The molecule has 1 heterocycles. The summed E-state index contributed by atoms with van der Waals surface area (Å²) in [6.07, 6.45) is 0.457. The van der Waals surface area contributed by atoms with Crippen molar-refractivity contribution in [3.63, 3.8) is 0 Å². The Morgan fingerprint density at radius 2 is 2.00 bits per heavy atom. The lowest BCUT2D eigenvalue weighted by molar-refractivity contribution is 0.0676. The van der Waals surface area contributed by atoms with Gasteiger partial charge in [0.25, 0.3) is 5.91 Å². The van der Waals surface area contributed by atoms with E-state index in [1.807, 2.05) is 37.3 Å². The van der Waals surface area contributed by atoms with Gasteiger partial charge in [0.1, 0.15) is 5.75 Å². The van der Waals surface area contributed by atoms with Gasteiger partial charge < -0.3 is 9.64 Å². The Balaban J connectivity index is 1.95. The lowest BCUT2D eigenvalue weighted by Gasteiger charge is -2.29. The SMILES string of the molecule is CCOc1ccccc1C(=O)N(Cc1cccc(Br)c1)[C@@H]1CCS(=O)(=O)C1. The van der Waals surface area contributed by atoms with Crippen molar-refractivity contribution in [3.05, 3.63) is 64.1 Å². The number of hydrogen-bond acceptors (Lipinski definition) is 4. The molecule has 1 atom stereocenters. The third kappa shape index (κ3) is 4.90. The lowest BCUT2D eigenvalue weighted by Crippen LogP contribution is -2.40. The summed E-state index contributed by atoms with van der Waals surface area (Å²) >= 11 is 3.45. The molecule has 0 bridgehead atoms. The van der Waals surface area contributed by atoms with Crippen molar-refractivity contribution >= 4 is 31.7 Å². The van der Waals surface area contributed by atoms with Crippen molar-refractivity contribution in [1.29, 1.82) is 0 Å². The molecule has 0 radical (unpaired) electrons. The van der Waals surface area contributed by atoms with E-state index in [2.05, 4.69) is 15.9 Å².